The Morgan fingerprint density at radius 1 is 0.266 bits per heavy atom. The van der Waals surface area contributed by atoms with Crippen molar-refractivity contribution in [3.05, 3.63) is 146 Å². The molecule has 0 saturated carbocycles. The lowest BCUT2D eigenvalue weighted by Crippen LogP contribution is -2.30. The first kappa shape index (κ1) is 74.3. The van der Waals surface area contributed by atoms with Crippen molar-refractivity contribution in [2.75, 3.05) is 13.2 Å². The van der Waals surface area contributed by atoms with Crippen LogP contribution in [-0.2, 0) is 28.6 Å². The average molecular weight is 1090 g/mol. The average Bonchev–Trinajstić information content (AvgIpc) is 3.45. The van der Waals surface area contributed by atoms with Gasteiger partial charge in [0.1, 0.15) is 13.2 Å². The Balaban J connectivity index is 4.30. The Morgan fingerprint density at radius 2 is 0.494 bits per heavy atom. The van der Waals surface area contributed by atoms with E-state index in [1.54, 1.807) is 0 Å². The van der Waals surface area contributed by atoms with E-state index < -0.39 is 6.10 Å². The molecule has 0 rings (SSSR count). The highest BCUT2D eigenvalue weighted by Gasteiger charge is 2.19. The third kappa shape index (κ3) is 64.0. The van der Waals surface area contributed by atoms with Crippen LogP contribution in [0.4, 0.5) is 0 Å². The molecule has 0 spiro atoms. The van der Waals surface area contributed by atoms with Crippen molar-refractivity contribution < 1.29 is 28.6 Å². The maximum Gasteiger partial charge on any atom is 0.306 e. The summed E-state index contributed by atoms with van der Waals surface area (Å²) >= 11 is 0. The largest absolute Gasteiger partial charge is 0.462 e. The lowest BCUT2D eigenvalue weighted by molar-refractivity contribution is -0.167. The topological polar surface area (TPSA) is 78.9 Å². The summed E-state index contributed by atoms with van der Waals surface area (Å²) < 4.78 is 16.8. The second-order valence-electron chi connectivity index (χ2n) is 20.9. The van der Waals surface area contributed by atoms with Crippen LogP contribution in [0.3, 0.4) is 0 Å². The van der Waals surface area contributed by atoms with Gasteiger partial charge in [0.2, 0.25) is 0 Å². The molecule has 0 aromatic carbocycles. The maximum absolute atomic E-state index is 12.9. The summed E-state index contributed by atoms with van der Waals surface area (Å²) in [4.78, 5) is 38.2. The zero-order valence-electron chi connectivity index (χ0n) is 51.1. The molecule has 0 saturated heterocycles. The van der Waals surface area contributed by atoms with Crippen LogP contribution in [0.2, 0.25) is 0 Å². The monoisotopic (exact) mass is 1090 g/mol. The SMILES string of the molecule is CC/C=C\C/C=C\C/C=C\C/C=C\C/C=C\C/C=C\C/C=C\C/C=C\C/C=C\C/C=C\CCCCCCC(=O)OCC(COC(=O)CCCCCCCCCCCCC)OC(=O)CCCCCCC/C=C\C/C=C\CCCCC. The molecule has 446 valence electrons. The van der Waals surface area contributed by atoms with E-state index >= 15 is 0 Å². The van der Waals surface area contributed by atoms with E-state index in [4.69, 9.17) is 14.2 Å². The molecule has 0 radical (unpaired) electrons. The van der Waals surface area contributed by atoms with Crippen molar-refractivity contribution >= 4 is 17.9 Å². The van der Waals surface area contributed by atoms with E-state index in [0.717, 1.165) is 161 Å². The molecule has 1 atom stereocenters. The second-order valence-corrected chi connectivity index (χ2v) is 20.9. The maximum atomic E-state index is 12.9. The third-order valence-electron chi connectivity index (χ3n) is 13.3. The van der Waals surface area contributed by atoms with Gasteiger partial charge in [0, 0.05) is 19.3 Å². The van der Waals surface area contributed by atoms with E-state index in [0.29, 0.717) is 19.3 Å². The minimum atomic E-state index is -0.799. The van der Waals surface area contributed by atoms with Crippen molar-refractivity contribution in [3.8, 4) is 0 Å². The van der Waals surface area contributed by atoms with Crippen molar-refractivity contribution in [1.82, 2.24) is 0 Å². The van der Waals surface area contributed by atoms with Gasteiger partial charge in [-0.25, -0.2) is 0 Å². The van der Waals surface area contributed by atoms with Crippen LogP contribution in [0.25, 0.3) is 0 Å². The Labute approximate surface area is 487 Å². The summed E-state index contributed by atoms with van der Waals surface area (Å²) in [6.45, 7) is 6.46. The fraction of sp³-hybridized carbons (Fsp3) is 0.630. The van der Waals surface area contributed by atoms with Crippen molar-refractivity contribution in [1.29, 1.82) is 0 Å². The molecule has 0 aromatic rings. The number of hydrogen-bond donors (Lipinski definition) is 0. The number of carbonyl (C=O) groups excluding carboxylic acids is 3. The highest BCUT2D eigenvalue weighted by Crippen LogP contribution is 2.14. The lowest BCUT2D eigenvalue weighted by Gasteiger charge is -2.18. The highest BCUT2D eigenvalue weighted by molar-refractivity contribution is 5.71. The molecule has 0 bridgehead atoms. The normalized spacial score (nSPS) is 13.1. The first-order valence-corrected chi connectivity index (χ1v) is 32.3. The van der Waals surface area contributed by atoms with Gasteiger partial charge in [-0.15, -0.1) is 0 Å². The molecule has 0 N–H and O–H groups in total. The van der Waals surface area contributed by atoms with Crippen molar-refractivity contribution in [2.24, 2.45) is 0 Å². The zero-order chi connectivity index (χ0) is 57.1. The van der Waals surface area contributed by atoms with Gasteiger partial charge in [0.15, 0.2) is 6.10 Å². The fourth-order valence-corrected chi connectivity index (χ4v) is 8.50. The molecule has 0 aliphatic carbocycles. The van der Waals surface area contributed by atoms with E-state index in [-0.39, 0.29) is 31.1 Å². The first-order chi connectivity index (χ1) is 39.0. The summed E-state index contributed by atoms with van der Waals surface area (Å²) in [5, 5.41) is 0. The predicted octanol–water partition coefficient (Wildman–Crippen LogP) is 22.3. The molecule has 0 aliphatic heterocycles. The van der Waals surface area contributed by atoms with Crippen LogP contribution < -0.4 is 0 Å². The van der Waals surface area contributed by atoms with Crippen LogP contribution in [0.5, 0.6) is 0 Å². The molecule has 0 fully saturated rings. The van der Waals surface area contributed by atoms with Crippen molar-refractivity contribution in [2.45, 2.75) is 284 Å². The Hall–Kier alpha value is -4.71. The van der Waals surface area contributed by atoms with Crippen LogP contribution in [-0.4, -0.2) is 37.2 Å². The van der Waals surface area contributed by atoms with Crippen LogP contribution in [0, 0.1) is 0 Å². The molecule has 0 aliphatic rings. The van der Waals surface area contributed by atoms with Gasteiger partial charge < -0.3 is 14.2 Å². The summed E-state index contributed by atoms with van der Waals surface area (Å²) in [6.07, 6.45) is 94.3. The summed E-state index contributed by atoms with van der Waals surface area (Å²) in [5.74, 6) is -0.935. The number of hydrogen-bond acceptors (Lipinski definition) is 6. The van der Waals surface area contributed by atoms with E-state index in [9.17, 15) is 14.4 Å². The quantitative estimate of drug-likeness (QED) is 0.0261. The van der Waals surface area contributed by atoms with Gasteiger partial charge in [-0.1, -0.05) is 276 Å². The summed E-state index contributed by atoms with van der Waals surface area (Å²) in [5.41, 5.74) is 0. The van der Waals surface area contributed by atoms with Crippen LogP contribution >= 0.6 is 0 Å². The van der Waals surface area contributed by atoms with Crippen LogP contribution in [0.1, 0.15) is 278 Å². The molecule has 0 heterocycles. The fourth-order valence-electron chi connectivity index (χ4n) is 8.50. The molecular weight excluding hydrogens is 973 g/mol. The number of esters is 3. The summed E-state index contributed by atoms with van der Waals surface area (Å²) in [6, 6.07) is 0. The minimum Gasteiger partial charge on any atom is -0.462 e. The van der Waals surface area contributed by atoms with Gasteiger partial charge in [-0.3, -0.25) is 14.4 Å². The molecule has 0 amide bonds. The van der Waals surface area contributed by atoms with Crippen LogP contribution in [0.15, 0.2) is 146 Å². The molecule has 6 nitrogen and oxygen atoms in total. The Morgan fingerprint density at radius 3 is 0.797 bits per heavy atom. The van der Waals surface area contributed by atoms with E-state index in [1.807, 2.05) is 0 Å². The Kier molecular flexibility index (Phi) is 61.9. The van der Waals surface area contributed by atoms with Gasteiger partial charge in [-0.05, 0) is 128 Å². The van der Waals surface area contributed by atoms with E-state index in [2.05, 4.69) is 167 Å². The number of allylic oxidation sites excluding steroid dienone is 24. The molecule has 0 aromatic heterocycles. The lowest BCUT2D eigenvalue weighted by atomic mass is 10.1. The first-order valence-electron chi connectivity index (χ1n) is 32.3. The number of unbranched alkanes of at least 4 members (excludes halogenated alkanes) is 22. The molecular formula is C73H118O6. The zero-order valence-corrected chi connectivity index (χ0v) is 51.1. The molecule has 79 heavy (non-hydrogen) atoms. The molecule has 1 unspecified atom stereocenters. The van der Waals surface area contributed by atoms with Gasteiger partial charge in [0.05, 0.1) is 0 Å². The Bertz CT molecular complexity index is 1730. The predicted molar refractivity (Wildman–Crippen MR) is 343 cm³/mol. The highest BCUT2D eigenvalue weighted by atomic mass is 16.6. The number of carbonyl (C=O) groups is 3. The number of rotatable bonds is 57. The minimum absolute atomic E-state index is 0.0937. The van der Waals surface area contributed by atoms with Gasteiger partial charge >= 0.3 is 17.9 Å². The van der Waals surface area contributed by atoms with Crippen molar-refractivity contribution in [3.63, 3.8) is 0 Å². The summed E-state index contributed by atoms with van der Waals surface area (Å²) in [7, 11) is 0. The standard InChI is InChI=1S/C73H118O6/c1-4-7-10-13-16-19-22-24-26-27-28-29-30-31-32-33-34-35-36-37-38-39-40-41-42-43-44-45-47-48-51-54-57-60-63-66-72(75)78-69-70(68-77-71(74)65-62-59-56-53-50-21-18-15-12-9-6-3)79-73(76)67-64-61-58-55-52-49-46-25-23-20-17-14-11-8-5-2/h7,10,16-17,19-20,24-26,28-29,31-32,34-35,37-38,40-41,43-44,46-48,70H,4-6,8-9,11-15,18,21-23,27,30,33,36,39,42,45,49-69H2,1-3H3/b10-7-,19-16-,20-17-,26-24-,29-28-,32-31-,35-34-,38-37-,41-40-,44-43-,46-25-,48-47-. The third-order valence-corrected chi connectivity index (χ3v) is 13.3. The van der Waals surface area contributed by atoms with E-state index in [1.165, 1.54) is 77.0 Å². The second kappa shape index (κ2) is 65.8. The van der Waals surface area contributed by atoms with Gasteiger partial charge in [0.25, 0.3) is 0 Å². The van der Waals surface area contributed by atoms with Gasteiger partial charge in [-0.2, -0.15) is 0 Å². The smallest absolute Gasteiger partial charge is 0.306 e. The number of ether oxygens (including phenoxy) is 3. The molecule has 6 heteroatoms.